The molecule has 0 aliphatic carbocycles. The summed E-state index contributed by atoms with van der Waals surface area (Å²) in [6.07, 6.45) is -0.317. The lowest BCUT2D eigenvalue weighted by molar-refractivity contribution is -0.172. The van der Waals surface area contributed by atoms with E-state index in [2.05, 4.69) is 15.4 Å². The zero-order chi connectivity index (χ0) is 34.1. The van der Waals surface area contributed by atoms with Crippen LogP contribution >= 0.6 is 0 Å². The Bertz CT molecular complexity index is 961. The summed E-state index contributed by atoms with van der Waals surface area (Å²) in [5.41, 5.74) is 5.78. The zero-order valence-corrected chi connectivity index (χ0v) is 26.9. The Kier molecular flexibility index (Phi) is 19.0. The number of hydroxylamine groups is 6. The third-order valence-electron chi connectivity index (χ3n) is 6.34. The normalized spacial score (nSPS) is 13.2. The van der Waals surface area contributed by atoms with Crippen LogP contribution in [0.4, 0.5) is 0 Å². The molecule has 5 amide bonds. The lowest BCUT2D eigenvalue weighted by Crippen LogP contribution is -2.51. The van der Waals surface area contributed by atoms with Crippen LogP contribution in [0.2, 0.25) is 0 Å². The average Bonchev–Trinajstić information content (AvgIpc) is 2.94. The Hall–Kier alpha value is -3.34. The van der Waals surface area contributed by atoms with Crippen LogP contribution in [0.15, 0.2) is 0 Å². The Balaban J connectivity index is 5.15. The molecule has 44 heavy (non-hydrogen) atoms. The van der Waals surface area contributed by atoms with E-state index in [1.54, 1.807) is 27.7 Å². The summed E-state index contributed by atoms with van der Waals surface area (Å²) >= 11 is 0. The molecule has 0 radical (unpaired) electrons. The number of methoxy groups -OCH3 is 1. The summed E-state index contributed by atoms with van der Waals surface area (Å²) in [7, 11) is 1.17. The highest BCUT2D eigenvalue weighted by atomic mass is 16.5. The molecule has 0 aromatic rings. The molecule has 0 aliphatic heterocycles. The quantitative estimate of drug-likeness (QED) is 0.0611. The van der Waals surface area contributed by atoms with Gasteiger partial charge in [0.2, 0.25) is 11.8 Å². The fourth-order valence-corrected chi connectivity index (χ4v) is 4.12. The van der Waals surface area contributed by atoms with Crippen molar-refractivity contribution in [1.29, 1.82) is 0 Å². The molecule has 0 rings (SSSR count). The molecule has 16 nitrogen and oxygen atoms in total. The van der Waals surface area contributed by atoms with Crippen LogP contribution in [0.5, 0.6) is 0 Å². The highest BCUT2D eigenvalue weighted by Crippen LogP contribution is 2.11. The second-order valence-electron chi connectivity index (χ2n) is 11.9. The van der Waals surface area contributed by atoms with Crippen molar-refractivity contribution in [3.8, 4) is 0 Å². The maximum absolute atomic E-state index is 12.9. The van der Waals surface area contributed by atoms with E-state index in [1.165, 1.54) is 7.11 Å². The third-order valence-corrected chi connectivity index (χ3v) is 6.34. The van der Waals surface area contributed by atoms with Crippen molar-refractivity contribution in [1.82, 2.24) is 25.8 Å². The Morgan fingerprint density at radius 2 is 0.955 bits per heavy atom. The number of ether oxygens (including phenoxy) is 1. The van der Waals surface area contributed by atoms with Crippen molar-refractivity contribution in [2.24, 2.45) is 23.5 Å². The van der Waals surface area contributed by atoms with Gasteiger partial charge >= 0.3 is 5.97 Å². The molecule has 0 aliphatic rings. The van der Waals surface area contributed by atoms with Crippen LogP contribution in [0.25, 0.3) is 0 Å². The average molecular weight is 633 g/mol. The first-order chi connectivity index (χ1) is 20.4. The third kappa shape index (κ3) is 16.5. The number of amides is 5. The summed E-state index contributed by atoms with van der Waals surface area (Å²) < 4.78 is 4.49. The van der Waals surface area contributed by atoms with Gasteiger partial charge in [0.15, 0.2) is 0 Å². The maximum Gasteiger partial charge on any atom is 0.307 e. The van der Waals surface area contributed by atoms with Gasteiger partial charge < -0.3 is 21.1 Å². The summed E-state index contributed by atoms with van der Waals surface area (Å²) in [4.78, 5) is 74.3. The van der Waals surface area contributed by atoms with E-state index in [-0.39, 0.29) is 56.5 Å². The predicted molar refractivity (Wildman–Crippen MR) is 157 cm³/mol. The van der Waals surface area contributed by atoms with Gasteiger partial charge in [-0.3, -0.25) is 44.4 Å². The molecule has 254 valence electrons. The first kappa shape index (κ1) is 40.7. The van der Waals surface area contributed by atoms with Crippen LogP contribution in [-0.2, 0) is 33.5 Å². The smallest absolute Gasteiger partial charge is 0.307 e. The van der Waals surface area contributed by atoms with Gasteiger partial charge in [-0.2, -0.15) is 0 Å². The Morgan fingerprint density at radius 1 is 0.614 bits per heavy atom. The number of hydrogen-bond acceptors (Lipinski definition) is 11. The minimum Gasteiger partial charge on any atom is -0.469 e. The molecule has 0 saturated carbocycles. The summed E-state index contributed by atoms with van der Waals surface area (Å²) in [5.74, 6) is -4.43. The summed E-state index contributed by atoms with van der Waals surface area (Å²) in [6, 6.07) is -3.21. The van der Waals surface area contributed by atoms with E-state index >= 15 is 0 Å². The first-order valence-corrected chi connectivity index (χ1v) is 14.8. The van der Waals surface area contributed by atoms with Gasteiger partial charge in [-0.05, 0) is 37.0 Å². The molecule has 0 bridgehead atoms. The molecule has 3 atom stereocenters. The molecular formula is C28H52N6O10. The minimum absolute atomic E-state index is 0.0533. The van der Waals surface area contributed by atoms with Crippen LogP contribution < -0.4 is 16.4 Å². The van der Waals surface area contributed by atoms with E-state index in [0.717, 1.165) is 0 Å². The molecular weight excluding hydrogens is 580 g/mol. The lowest BCUT2D eigenvalue weighted by atomic mass is 10.0. The second kappa shape index (κ2) is 20.6. The summed E-state index contributed by atoms with van der Waals surface area (Å²) in [6.45, 7) is 9.79. The van der Waals surface area contributed by atoms with Crippen LogP contribution in [0.3, 0.4) is 0 Å². The Morgan fingerprint density at radius 3 is 1.30 bits per heavy atom. The van der Waals surface area contributed by atoms with Crippen molar-refractivity contribution in [2.75, 3.05) is 26.7 Å². The Labute approximate surface area is 259 Å². The SMILES string of the molecule is COC(=O)CCN(O)C(=O)C(CC(C)C)NC(=O)CCN(O)C(=O)C(CC(C)C)NC(=O)CCN(O)C(=O)C(N)CC(C)C. The monoisotopic (exact) mass is 632 g/mol. The van der Waals surface area contributed by atoms with Crippen molar-refractivity contribution in [3.05, 3.63) is 0 Å². The number of nitrogens with one attached hydrogen (secondary N) is 2. The molecule has 0 aromatic carbocycles. The van der Waals surface area contributed by atoms with Gasteiger partial charge in [0.05, 0.1) is 39.2 Å². The highest BCUT2D eigenvalue weighted by Gasteiger charge is 2.29. The fourth-order valence-electron chi connectivity index (χ4n) is 4.12. The van der Waals surface area contributed by atoms with Gasteiger partial charge in [-0.1, -0.05) is 41.5 Å². The van der Waals surface area contributed by atoms with Crippen LogP contribution in [-0.4, -0.2) is 111 Å². The van der Waals surface area contributed by atoms with Gasteiger partial charge in [-0.15, -0.1) is 0 Å². The number of carbonyl (C=O) groups excluding carboxylic acids is 6. The largest absolute Gasteiger partial charge is 0.469 e. The number of rotatable bonds is 20. The molecule has 7 N–H and O–H groups in total. The fraction of sp³-hybridized carbons (Fsp3) is 0.786. The lowest BCUT2D eigenvalue weighted by Gasteiger charge is -2.26. The van der Waals surface area contributed by atoms with E-state index in [4.69, 9.17) is 5.73 Å². The van der Waals surface area contributed by atoms with Crippen molar-refractivity contribution < 1.29 is 49.1 Å². The van der Waals surface area contributed by atoms with E-state index < -0.39 is 66.6 Å². The molecule has 0 spiro atoms. The van der Waals surface area contributed by atoms with Gasteiger partial charge in [0.1, 0.15) is 12.1 Å². The maximum atomic E-state index is 12.9. The molecule has 3 unspecified atom stereocenters. The molecule has 0 saturated heterocycles. The minimum atomic E-state index is -1.16. The number of nitrogens with two attached hydrogens (primary N) is 1. The van der Waals surface area contributed by atoms with Gasteiger partial charge in [-0.25, -0.2) is 15.2 Å². The zero-order valence-electron chi connectivity index (χ0n) is 26.9. The van der Waals surface area contributed by atoms with Crippen molar-refractivity contribution in [2.45, 2.75) is 98.2 Å². The second-order valence-corrected chi connectivity index (χ2v) is 11.9. The topological polar surface area (TPSA) is 232 Å². The highest BCUT2D eigenvalue weighted by molar-refractivity contribution is 5.89. The van der Waals surface area contributed by atoms with Crippen LogP contribution in [0, 0.1) is 17.8 Å². The van der Waals surface area contributed by atoms with Crippen LogP contribution in [0.1, 0.15) is 80.1 Å². The molecule has 0 heterocycles. The molecule has 0 fully saturated rings. The van der Waals surface area contributed by atoms with Crippen molar-refractivity contribution in [3.63, 3.8) is 0 Å². The van der Waals surface area contributed by atoms with Gasteiger partial charge in [0, 0.05) is 12.8 Å². The molecule has 0 aromatic heterocycles. The summed E-state index contributed by atoms with van der Waals surface area (Å²) in [5, 5.41) is 36.4. The van der Waals surface area contributed by atoms with Gasteiger partial charge in [0.25, 0.3) is 17.7 Å². The number of carbonyl (C=O) groups is 6. The molecule has 16 heteroatoms. The first-order valence-electron chi connectivity index (χ1n) is 14.8. The van der Waals surface area contributed by atoms with Crippen molar-refractivity contribution >= 4 is 35.5 Å². The van der Waals surface area contributed by atoms with E-state index in [0.29, 0.717) is 21.6 Å². The number of nitrogens with zero attached hydrogens (tertiary/aromatic N) is 3. The number of esters is 1. The number of hydrogen-bond donors (Lipinski definition) is 6. The standard InChI is InChI=1S/C28H52N6O10/c1-17(2)14-20(29)26(38)32(41)11-8-23(35)30-21(15-18(3)4)27(39)33(42)12-9-24(36)31-22(16-19(5)6)28(40)34(43)13-10-25(37)44-7/h17-22,41-43H,8-16,29H2,1-7H3,(H,30,35)(H,31,36). The van der Waals surface area contributed by atoms with E-state index in [1.807, 2.05) is 13.8 Å². The van der Waals surface area contributed by atoms with E-state index in [9.17, 15) is 44.4 Å². The predicted octanol–water partition coefficient (Wildman–Crippen LogP) is 0.418.